The normalized spacial score (nSPS) is 13.9. The number of ketones is 1. The van der Waals surface area contributed by atoms with Gasteiger partial charge in [0.05, 0.1) is 43.7 Å². The standard InChI is InChI=1S/C37H36N2O11/c1-15-12-17-25-30-26(35(46)34(17)39-11-7-9-23(44)45)18(38-10-6-8-22(42)43)13-20(48-3)28(30)29-21(49-4)14-19(41)27-32(29)31(25)33(24(15)16(2)40)37(50-5)36(27)47/h12-14,24,38-39,47H,6-11H2,1-5H3,(H,42,43)(H,44,45). The molecule has 13 heteroatoms. The van der Waals surface area contributed by atoms with Crippen LogP contribution in [0.5, 0.6) is 23.0 Å². The van der Waals surface area contributed by atoms with E-state index in [1.807, 2.05) is 0 Å². The number of allylic oxidation sites excluding steroid dienone is 1. The molecule has 0 radical (unpaired) electrons. The number of aliphatic carboxylic acids is 2. The van der Waals surface area contributed by atoms with Crippen molar-refractivity contribution in [2.45, 2.75) is 45.4 Å². The van der Waals surface area contributed by atoms with Crippen molar-refractivity contribution in [1.82, 2.24) is 0 Å². The lowest BCUT2D eigenvalue weighted by Crippen LogP contribution is -2.18. The Labute approximate surface area is 284 Å². The molecule has 1 aliphatic carbocycles. The van der Waals surface area contributed by atoms with E-state index in [1.54, 1.807) is 19.1 Å². The molecule has 0 bridgehead atoms. The van der Waals surface area contributed by atoms with Crippen LogP contribution in [0.3, 0.4) is 0 Å². The highest BCUT2D eigenvalue weighted by Crippen LogP contribution is 2.57. The number of nitrogens with one attached hydrogen (secondary N) is 2. The summed E-state index contributed by atoms with van der Waals surface area (Å²) in [6.07, 6.45) is 1.94. The number of fused-ring (bicyclic) bond motifs is 1. The summed E-state index contributed by atoms with van der Waals surface area (Å²) in [6, 6.07) is 2.87. The number of carbonyl (C=O) groups excluding carboxylic acids is 1. The number of phenols is 1. The van der Waals surface area contributed by atoms with Crippen molar-refractivity contribution in [2.75, 3.05) is 45.1 Å². The van der Waals surface area contributed by atoms with E-state index in [0.29, 0.717) is 60.5 Å². The van der Waals surface area contributed by atoms with Gasteiger partial charge in [-0.05, 0) is 32.1 Å². The monoisotopic (exact) mass is 684 g/mol. The summed E-state index contributed by atoms with van der Waals surface area (Å²) in [5.41, 5.74) is 0.756. The Hall–Kier alpha value is -5.85. The Morgan fingerprint density at radius 2 is 1.34 bits per heavy atom. The van der Waals surface area contributed by atoms with Gasteiger partial charge in [0.15, 0.2) is 16.9 Å². The van der Waals surface area contributed by atoms with E-state index in [0.717, 1.165) is 0 Å². The Bertz CT molecular complexity index is 2400. The average molecular weight is 685 g/mol. The molecule has 0 aliphatic heterocycles. The molecule has 0 saturated heterocycles. The molecular weight excluding hydrogens is 648 g/mol. The van der Waals surface area contributed by atoms with E-state index >= 15 is 0 Å². The number of hydrogen-bond acceptors (Lipinski definition) is 11. The van der Waals surface area contributed by atoms with Crippen LogP contribution in [0.25, 0.3) is 49.2 Å². The van der Waals surface area contributed by atoms with Gasteiger partial charge in [0.1, 0.15) is 17.3 Å². The lowest BCUT2D eigenvalue weighted by atomic mass is 9.80. The van der Waals surface area contributed by atoms with Crippen LogP contribution in [0.1, 0.15) is 56.6 Å². The van der Waals surface area contributed by atoms with Gasteiger partial charge in [-0.25, -0.2) is 0 Å². The Balaban J connectivity index is 1.94. The summed E-state index contributed by atoms with van der Waals surface area (Å²) in [5.74, 6) is -3.25. The highest BCUT2D eigenvalue weighted by Gasteiger charge is 2.37. The van der Waals surface area contributed by atoms with Crippen molar-refractivity contribution in [3.63, 3.8) is 0 Å². The van der Waals surface area contributed by atoms with Gasteiger partial charge in [0, 0.05) is 81.8 Å². The van der Waals surface area contributed by atoms with Crippen LogP contribution in [0, 0.1) is 0 Å². The maximum atomic E-state index is 14.8. The van der Waals surface area contributed by atoms with Crippen molar-refractivity contribution < 1.29 is 43.9 Å². The SMILES string of the molecule is COc1c(O)c2c(=O)cc(OC)c3c4c(OC)cc(NCCCC(=O)O)c5c(=O)c(NCCCC(=O)O)c6c(c(c1C(C(C)=O)C(C)=C6)c23)c54. The molecule has 0 aromatic heterocycles. The van der Waals surface area contributed by atoms with Gasteiger partial charge < -0.3 is 40.2 Å². The molecule has 1 atom stereocenters. The largest absolute Gasteiger partial charge is 0.504 e. The third-order valence-electron chi connectivity index (χ3n) is 9.42. The van der Waals surface area contributed by atoms with Gasteiger partial charge in [0.25, 0.3) is 0 Å². The molecule has 6 rings (SSSR count). The van der Waals surface area contributed by atoms with Gasteiger partial charge in [0.2, 0.25) is 5.43 Å². The van der Waals surface area contributed by atoms with Gasteiger partial charge in [-0.3, -0.25) is 24.0 Å². The van der Waals surface area contributed by atoms with E-state index in [-0.39, 0.29) is 72.5 Å². The quantitative estimate of drug-likeness (QED) is 0.0577. The van der Waals surface area contributed by atoms with Gasteiger partial charge >= 0.3 is 11.9 Å². The number of benzene rings is 5. The summed E-state index contributed by atoms with van der Waals surface area (Å²) in [7, 11) is 4.19. The Kier molecular flexibility index (Phi) is 8.77. The lowest BCUT2D eigenvalue weighted by molar-refractivity contribution is -0.138. The van der Waals surface area contributed by atoms with Gasteiger partial charge in [-0.2, -0.15) is 0 Å². The predicted molar refractivity (Wildman–Crippen MR) is 190 cm³/mol. The minimum Gasteiger partial charge on any atom is -0.504 e. The maximum absolute atomic E-state index is 14.8. The molecule has 5 aromatic rings. The van der Waals surface area contributed by atoms with E-state index < -0.39 is 34.5 Å². The van der Waals surface area contributed by atoms with Crippen LogP contribution in [0.15, 0.2) is 27.3 Å². The zero-order valence-corrected chi connectivity index (χ0v) is 28.2. The molecule has 1 aliphatic rings. The van der Waals surface area contributed by atoms with Crippen molar-refractivity contribution in [3.8, 4) is 23.0 Å². The zero-order chi connectivity index (χ0) is 36.2. The topological polar surface area (TPSA) is 198 Å². The first-order valence-electron chi connectivity index (χ1n) is 16.0. The predicted octanol–water partition coefficient (Wildman–Crippen LogP) is 5.27. The van der Waals surface area contributed by atoms with E-state index in [2.05, 4.69) is 10.6 Å². The molecule has 5 aromatic carbocycles. The lowest BCUT2D eigenvalue weighted by Gasteiger charge is -2.26. The molecular formula is C37H36N2O11. The third-order valence-corrected chi connectivity index (χ3v) is 9.42. The number of methoxy groups -OCH3 is 3. The number of carboxylic acids is 2. The Morgan fingerprint density at radius 3 is 1.90 bits per heavy atom. The molecule has 50 heavy (non-hydrogen) atoms. The van der Waals surface area contributed by atoms with E-state index in [9.17, 15) is 39.3 Å². The van der Waals surface area contributed by atoms with Crippen LogP contribution in [-0.4, -0.2) is 67.5 Å². The van der Waals surface area contributed by atoms with E-state index in [4.69, 9.17) is 14.2 Å². The fraction of sp³-hybridized carbons (Fsp3) is 0.324. The smallest absolute Gasteiger partial charge is 0.303 e. The van der Waals surface area contributed by atoms with Crippen LogP contribution < -0.4 is 35.7 Å². The molecule has 0 saturated carbocycles. The summed E-state index contributed by atoms with van der Waals surface area (Å²) >= 11 is 0. The number of carbonyl (C=O) groups is 3. The summed E-state index contributed by atoms with van der Waals surface area (Å²) in [6.45, 7) is 3.48. The molecule has 13 nitrogen and oxygen atoms in total. The summed E-state index contributed by atoms with van der Waals surface area (Å²) < 4.78 is 17.5. The molecule has 1 unspecified atom stereocenters. The maximum Gasteiger partial charge on any atom is 0.303 e. The molecule has 0 heterocycles. The minimum absolute atomic E-state index is 0.0600. The van der Waals surface area contributed by atoms with Crippen molar-refractivity contribution in [3.05, 3.63) is 49.3 Å². The number of ether oxygens (including phenoxy) is 3. The molecule has 0 spiro atoms. The number of Topliss-reactive ketones (excluding diaryl/α,β-unsaturated/α-hetero) is 1. The highest BCUT2D eigenvalue weighted by atomic mass is 16.5. The van der Waals surface area contributed by atoms with Crippen LogP contribution in [0.2, 0.25) is 0 Å². The Morgan fingerprint density at radius 1 is 0.760 bits per heavy atom. The molecule has 5 N–H and O–H groups in total. The average Bonchev–Trinajstić information content (AvgIpc) is 3.19. The number of hydrogen-bond donors (Lipinski definition) is 5. The van der Waals surface area contributed by atoms with Crippen LogP contribution >= 0.6 is 0 Å². The number of rotatable bonds is 14. The van der Waals surface area contributed by atoms with Crippen LogP contribution in [-0.2, 0) is 14.4 Å². The fourth-order valence-electron chi connectivity index (χ4n) is 7.52. The van der Waals surface area contributed by atoms with Crippen molar-refractivity contribution in [2.24, 2.45) is 0 Å². The fourth-order valence-corrected chi connectivity index (χ4v) is 7.52. The summed E-state index contributed by atoms with van der Waals surface area (Å²) in [5, 5.41) is 39.2. The third kappa shape index (κ3) is 5.11. The number of aromatic hydroxyl groups is 1. The molecule has 260 valence electrons. The minimum atomic E-state index is -0.993. The number of anilines is 2. The zero-order valence-electron chi connectivity index (χ0n) is 28.2. The second-order valence-corrected chi connectivity index (χ2v) is 12.4. The first-order chi connectivity index (χ1) is 23.9. The van der Waals surface area contributed by atoms with Crippen LogP contribution in [0.4, 0.5) is 11.4 Å². The van der Waals surface area contributed by atoms with Gasteiger partial charge in [-0.1, -0.05) is 11.6 Å². The first kappa shape index (κ1) is 34.0. The summed E-state index contributed by atoms with van der Waals surface area (Å²) in [4.78, 5) is 64.8. The van der Waals surface area contributed by atoms with Crippen molar-refractivity contribution in [1.29, 1.82) is 0 Å². The number of carboxylic acid groups (broad SMARTS) is 2. The number of phenolic OH excluding ortho intramolecular Hbond substituents is 1. The van der Waals surface area contributed by atoms with E-state index in [1.165, 1.54) is 34.3 Å². The first-order valence-corrected chi connectivity index (χ1v) is 16.0. The molecule has 0 fully saturated rings. The second kappa shape index (κ2) is 12.9. The highest BCUT2D eigenvalue weighted by molar-refractivity contribution is 6.40. The van der Waals surface area contributed by atoms with Gasteiger partial charge in [-0.15, -0.1) is 0 Å². The second-order valence-electron chi connectivity index (χ2n) is 12.4. The molecule has 0 amide bonds. The van der Waals surface area contributed by atoms with Crippen molar-refractivity contribution >= 4 is 78.3 Å².